The molecule has 0 saturated heterocycles. The van der Waals surface area contributed by atoms with Crippen LogP contribution in [0.25, 0.3) is 0 Å². The van der Waals surface area contributed by atoms with Gasteiger partial charge >= 0.3 is 6.18 Å². The van der Waals surface area contributed by atoms with E-state index in [0.29, 0.717) is 6.54 Å². The lowest BCUT2D eigenvalue weighted by Crippen LogP contribution is -2.30. The molecular weight excluding hydrogens is 253 g/mol. The molecule has 1 aliphatic rings. The van der Waals surface area contributed by atoms with Gasteiger partial charge in [-0.3, -0.25) is 0 Å². The second-order valence-electron chi connectivity index (χ2n) is 5.39. The molecular formula is C14H19F3N2. The van der Waals surface area contributed by atoms with Gasteiger partial charge in [-0.05, 0) is 43.5 Å². The molecule has 1 aromatic rings. The van der Waals surface area contributed by atoms with Crippen LogP contribution in [0.3, 0.4) is 0 Å². The second-order valence-corrected chi connectivity index (χ2v) is 5.39. The van der Waals surface area contributed by atoms with E-state index in [4.69, 9.17) is 5.73 Å². The molecule has 19 heavy (non-hydrogen) atoms. The molecule has 5 heteroatoms. The molecule has 0 heterocycles. The average molecular weight is 272 g/mol. The number of benzene rings is 1. The van der Waals surface area contributed by atoms with Crippen LogP contribution in [-0.4, -0.2) is 25.0 Å². The maximum Gasteiger partial charge on any atom is 0.416 e. The highest BCUT2D eigenvalue weighted by Crippen LogP contribution is 2.31. The minimum absolute atomic E-state index is 0.244. The van der Waals surface area contributed by atoms with Gasteiger partial charge in [-0.25, -0.2) is 0 Å². The van der Waals surface area contributed by atoms with E-state index in [1.54, 1.807) is 0 Å². The van der Waals surface area contributed by atoms with Gasteiger partial charge in [0.25, 0.3) is 0 Å². The Morgan fingerprint density at radius 2 is 1.84 bits per heavy atom. The SMILES string of the molecule is CN(CC1CC1)CC(N)c1ccc(C(F)(F)F)cc1. The van der Waals surface area contributed by atoms with E-state index in [0.717, 1.165) is 30.2 Å². The zero-order chi connectivity index (χ0) is 14.0. The zero-order valence-electron chi connectivity index (χ0n) is 11.0. The number of nitrogens with zero attached hydrogens (tertiary/aromatic N) is 1. The minimum atomic E-state index is -4.29. The predicted molar refractivity (Wildman–Crippen MR) is 68.6 cm³/mol. The lowest BCUT2D eigenvalue weighted by molar-refractivity contribution is -0.137. The van der Waals surface area contributed by atoms with Crippen LogP contribution in [0.15, 0.2) is 24.3 Å². The molecule has 0 amide bonds. The third-order valence-electron chi connectivity index (χ3n) is 3.44. The van der Waals surface area contributed by atoms with Crippen LogP contribution < -0.4 is 5.73 Å². The summed E-state index contributed by atoms with van der Waals surface area (Å²) in [5.74, 6) is 0.782. The van der Waals surface area contributed by atoms with Crippen molar-refractivity contribution in [3.8, 4) is 0 Å². The molecule has 2 nitrogen and oxygen atoms in total. The molecule has 0 aliphatic heterocycles. The van der Waals surface area contributed by atoms with Gasteiger partial charge in [-0.2, -0.15) is 13.2 Å². The molecule has 0 radical (unpaired) electrons. The smallest absolute Gasteiger partial charge is 0.323 e. The Morgan fingerprint density at radius 3 is 2.32 bits per heavy atom. The van der Waals surface area contributed by atoms with E-state index < -0.39 is 11.7 Å². The summed E-state index contributed by atoms with van der Waals surface area (Å²) in [6.45, 7) is 1.69. The fraction of sp³-hybridized carbons (Fsp3) is 0.571. The maximum atomic E-state index is 12.4. The van der Waals surface area contributed by atoms with Gasteiger partial charge in [0.1, 0.15) is 0 Å². The largest absolute Gasteiger partial charge is 0.416 e. The standard InChI is InChI=1S/C14H19F3N2/c1-19(8-10-2-3-10)9-13(18)11-4-6-12(7-5-11)14(15,16)17/h4-7,10,13H,2-3,8-9,18H2,1H3. The monoisotopic (exact) mass is 272 g/mol. The average Bonchev–Trinajstić information content (AvgIpc) is 3.11. The van der Waals surface area contributed by atoms with Gasteiger partial charge in [0.05, 0.1) is 5.56 Å². The molecule has 1 unspecified atom stereocenters. The van der Waals surface area contributed by atoms with Crippen LogP contribution in [0.5, 0.6) is 0 Å². The molecule has 1 fully saturated rings. The minimum Gasteiger partial charge on any atom is -0.323 e. The third-order valence-corrected chi connectivity index (χ3v) is 3.44. The van der Waals surface area contributed by atoms with Crippen LogP contribution in [-0.2, 0) is 6.18 Å². The van der Waals surface area contributed by atoms with Gasteiger partial charge in [0.2, 0.25) is 0 Å². The molecule has 2 rings (SSSR count). The van der Waals surface area contributed by atoms with Crippen molar-refractivity contribution in [1.29, 1.82) is 0 Å². The third kappa shape index (κ3) is 4.21. The summed E-state index contributed by atoms with van der Waals surface area (Å²) < 4.78 is 37.3. The Kier molecular flexibility index (Phi) is 4.16. The number of halogens is 3. The van der Waals surface area contributed by atoms with Crippen molar-refractivity contribution >= 4 is 0 Å². The van der Waals surface area contributed by atoms with Crippen LogP contribution in [0.4, 0.5) is 13.2 Å². The molecule has 0 spiro atoms. The molecule has 1 aliphatic carbocycles. The summed E-state index contributed by atoms with van der Waals surface area (Å²) in [5.41, 5.74) is 6.14. The number of alkyl halides is 3. The van der Waals surface area contributed by atoms with Crippen molar-refractivity contribution < 1.29 is 13.2 Å². The number of nitrogens with two attached hydrogens (primary N) is 1. The topological polar surface area (TPSA) is 29.3 Å². The Labute approximate surface area is 111 Å². The second kappa shape index (κ2) is 5.51. The summed E-state index contributed by atoms with van der Waals surface area (Å²) in [7, 11) is 2.00. The molecule has 106 valence electrons. The Balaban J connectivity index is 1.92. The van der Waals surface area contributed by atoms with E-state index in [9.17, 15) is 13.2 Å². The van der Waals surface area contributed by atoms with Crippen LogP contribution in [0.1, 0.15) is 30.0 Å². The molecule has 2 N–H and O–H groups in total. The molecule has 1 aromatic carbocycles. The molecule has 1 saturated carbocycles. The highest BCUT2D eigenvalue weighted by molar-refractivity contribution is 5.26. The quantitative estimate of drug-likeness (QED) is 0.892. The van der Waals surface area contributed by atoms with Gasteiger partial charge in [0.15, 0.2) is 0 Å². The van der Waals surface area contributed by atoms with Crippen molar-refractivity contribution in [2.75, 3.05) is 20.1 Å². The van der Waals surface area contributed by atoms with E-state index in [-0.39, 0.29) is 6.04 Å². The van der Waals surface area contributed by atoms with Gasteiger partial charge in [-0.15, -0.1) is 0 Å². The number of rotatable bonds is 5. The number of likely N-dealkylation sites (N-methyl/N-ethyl adjacent to an activating group) is 1. The first-order valence-electron chi connectivity index (χ1n) is 6.47. The van der Waals surface area contributed by atoms with E-state index in [2.05, 4.69) is 4.90 Å². The highest BCUT2D eigenvalue weighted by atomic mass is 19.4. The zero-order valence-corrected chi connectivity index (χ0v) is 11.0. The van der Waals surface area contributed by atoms with Gasteiger partial charge in [0, 0.05) is 19.1 Å². The Morgan fingerprint density at radius 1 is 1.26 bits per heavy atom. The van der Waals surface area contributed by atoms with Crippen molar-refractivity contribution in [3.05, 3.63) is 35.4 Å². The highest BCUT2D eigenvalue weighted by Gasteiger charge is 2.30. The van der Waals surface area contributed by atoms with E-state index in [1.807, 2.05) is 7.05 Å². The van der Waals surface area contributed by atoms with Crippen LogP contribution in [0, 0.1) is 5.92 Å². The molecule has 0 bridgehead atoms. The summed E-state index contributed by atoms with van der Waals surface area (Å²) in [5, 5.41) is 0. The first-order chi connectivity index (χ1) is 8.86. The summed E-state index contributed by atoms with van der Waals surface area (Å²) >= 11 is 0. The lowest BCUT2D eigenvalue weighted by atomic mass is 10.0. The van der Waals surface area contributed by atoms with Crippen molar-refractivity contribution in [1.82, 2.24) is 4.90 Å². The Hall–Kier alpha value is -1.07. The number of hydrogen-bond acceptors (Lipinski definition) is 2. The number of hydrogen-bond donors (Lipinski definition) is 1. The van der Waals surface area contributed by atoms with Gasteiger partial charge < -0.3 is 10.6 Å². The van der Waals surface area contributed by atoms with Crippen LogP contribution >= 0.6 is 0 Å². The first-order valence-corrected chi connectivity index (χ1v) is 6.47. The fourth-order valence-electron chi connectivity index (χ4n) is 2.18. The summed E-state index contributed by atoms with van der Waals surface area (Å²) in [4.78, 5) is 2.15. The van der Waals surface area contributed by atoms with E-state index in [1.165, 1.54) is 25.0 Å². The van der Waals surface area contributed by atoms with Gasteiger partial charge in [-0.1, -0.05) is 12.1 Å². The Bertz CT molecular complexity index is 410. The van der Waals surface area contributed by atoms with Crippen molar-refractivity contribution in [2.24, 2.45) is 11.7 Å². The maximum absolute atomic E-state index is 12.4. The predicted octanol–water partition coefficient (Wildman–Crippen LogP) is 3.05. The molecule has 1 atom stereocenters. The molecule has 0 aromatic heterocycles. The lowest BCUT2D eigenvalue weighted by Gasteiger charge is -2.21. The summed E-state index contributed by atoms with van der Waals surface area (Å²) in [6.07, 6.45) is -1.73. The first kappa shape index (κ1) is 14.3. The summed E-state index contributed by atoms with van der Waals surface area (Å²) in [6, 6.07) is 4.88. The van der Waals surface area contributed by atoms with Crippen LogP contribution in [0.2, 0.25) is 0 Å². The van der Waals surface area contributed by atoms with Crippen molar-refractivity contribution in [2.45, 2.75) is 25.1 Å². The van der Waals surface area contributed by atoms with Crippen molar-refractivity contribution in [3.63, 3.8) is 0 Å². The normalized spacial score (nSPS) is 17.8. The van der Waals surface area contributed by atoms with E-state index >= 15 is 0 Å². The fourth-order valence-corrected chi connectivity index (χ4v) is 2.18.